The lowest BCUT2D eigenvalue weighted by molar-refractivity contribution is 0.0532. The minimum atomic E-state index is -0.573. The van der Waals surface area contributed by atoms with Gasteiger partial charge in [-0.3, -0.25) is 0 Å². The minimum Gasteiger partial charge on any atom is -0.497 e. The summed E-state index contributed by atoms with van der Waals surface area (Å²) in [6.45, 7) is 5.42. The highest BCUT2D eigenvalue weighted by molar-refractivity contribution is 5.68. The zero-order chi connectivity index (χ0) is 15.9. The van der Waals surface area contributed by atoms with Crippen LogP contribution in [-0.4, -0.2) is 25.3 Å². The van der Waals surface area contributed by atoms with Gasteiger partial charge in [0.15, 0.2) is 0 Å². The van der Waals surface area contributed by atoms with Gasteiger partial charge in [0.05, 0.1) is 13.4 Å². The van der Waals surface area contributed by atoms with E-state index in [-0.39, 0.29) is 6.54 Å². The van der Waals surface area contributed by atoms with Crippen molar-refractivity contribution < 1.29 is 18.7 Å². The van der Waals surface area contributed by atoms with Crippen molar-refractivity contribution in [1.29, 1.82) is 0 Å². The fourth-order valence-electron chi connectivity index (χ4n) is 1.68. The van der Waals surface area contributed by atoms with Gasteiger partial charge in [0.2, 0.25) is 0 Å². The van der Waals surface area contributed by atoms with Crippen molar-refractivity contribution in [1.82, 2.24) is 5.32 Å². The Labute approximate surface area is 124 Å². The van der Waals surface area contributed by atoms with Crippen LogP contribution >= 0.6 is 0 Å². The molecule has 0 fully saturated rings. The average Bonchev–Trinajstić information content (AvgIpc) is 2.41. The normalized spacial score (nSPS) is 12.0. The van der Waals surface area contributed by atoms with E-state index in [1.807, 2.05) is 24.3 Å². The first kappa shape index (κ1) is 17.0. The van der Waals surface area contributed by atoms with Gasteiger partial charge in [0.25, 0.3) is 0 Å². The number of carbonyl (C=O) groups is 1. The molecule has 1 N–H and O–H groups in total. The maximum absolute atomic E-state index is 12.9. The number of halogens is 1. The van der Waals surface area contributed by atoms with Gasteiger partial charge in [0.1, 0.15) is 11.4 Å². The number of amides is 1. The molecule has 0 aliphatic carbocycles. The molecule has 0 bridgehead atoms. The Morgan fingerprint density at radius 1 is 1.38 bits per heavy atom. The van der Waals surface area contributed by atoms with Crippen LogP contribution in [0.2, 0.25) is 0 Å². The third-order valence-electron chi connectivity index (χ3n) is 2.58. The lowest BCUT2D eigenvalue weighted by Gasteiger charge is -2.20. The first-order valence-electron chi connectivity index (χ1n) is 6.72. The third-order valence-corrected chi connectivity index (χ3v) is 2.58. The highest BCUT2D eigenvalue weighted by Crippen LogP contribution is 2.16. The topological polar surface area (TPSA) is 47.6 Å². The number of hydrogen-bond donors (Lipinski definition) is 1. The van der Waals surface area contributed by atoms with E-state index in [0.29, 0.717) is 24.1 Å². The van der Waals surface area contributed by atoms with Gasteiger partial charge in [0, 0.05) is 6.54 Å². The summed E-state index contributed by atoms with van der Waals surface area (Å²) >= 11 is 0. The zero-order valence-corrected chi connectivity index (χ0v) is 12.9. The van der Waals surface area contributed by atoms with Crippen LogP contribution in [-0.2, 0) is 11.2 Å². The van der Waals surface area contributed by atoms with Crippen LogP contribution in [0.4, 0.5) is 9.18 Å². The van der Waals surface area contributed by atoms with E-state index in [1.165, 1.54) is 0 Å². The first-order chi connectivity index (χ1) is 9.84. The van der Waals surface area contributed by atoms with Gasteiger partial charge in [-0.2, -0.15) is 0 Å². The number of methoxy groups -OCH3 is 1. The second-order valence-corrected chi connectivity index (χ2v) is 5.65. The van der Waals surface area contributed by atoms with Gasteiger partial charge >= 0.3 is 6.09 Å². The molecule has 0 spiro atoms. The molecule has 0 aliphatic rings. The Hall–Kier alpha value is -2.04. The van der Waals surface area contributed by atoms with Crippen molar-refractivity contribution in [2.24, 2.45) is 0 Å². The fraction of sp³-hybridized carbons (Fsp3) is 0.438. The van der Waals surface area contributed by atoms with Crippen molar-refractivity contribution in [3.05, 3.63) is 41.7 Å². The van der Waals surface area contributed by atoms with E-state index in [9.17, 15) is 9.18 Å². The molecule has 4 nitrogen and oxygen atoms in total. The number of nitrogens with one attached hydrogen (secondary N) is 1. The lowest BCUT2D eigenvalue weighted by Crippen LogP contribution is -2.33. The molecule has 116 valence electrons. The zero-order valence-electron chi connectivity index (χ0n) is 12.9. The molecule has 1 rings (SSSR count). The second-order valence-electron chi connectivity index (χ2n) is 5.65. The predicted octanol–water partition coefficient (Wildman–Crippen LogP) is 3.62. The molecule has 0 radical (unpaired) electrons. The van der Waals surface area contributed by atoms with Crippen molar-refractivity contribution in [3.8, 4) is 5.75 Å². The van der Waals surface area contributed by atoms with E-state index >= 15 is 0 Å². The monoisotopic (exact) mass is 295 g/mol. The molecule has 0 atom stereocenters. The average molecular weight is 295 g/mol. The molecule has 1 aromatic rings. The van der Waals surface area contributed by atoms with E-state index in [0.717, 1.165) is 5.56 Å². The van der Waals surface area contributed by atoms with Crippen LogP contribution in [0.5, 0.6) is 5.75 Å². The van der Waals surface area contributed by atoms with Gasteiger partial charge in [-0.25, -0.2) is 9.18 Å². The van der Waals surface area contributed by atoms with Gasteiger partial charge in [-0.1, -0.05) is 12.1 Å². The quantitative estimate of drug-likeness (QED) is 0.902. The van der Waals surface area contributed by atoms with Crippen molar-refractivity contribution in [3.63, 3.8) is 0 Å². The van der Waals surface area contributed by atoms with Crippen LogP contribution in [0.15, 0.2) is 36.2 Å². The van der Waals surface area contributed by atoms with Crippen LogP contribution in [0.3, 0.4) is 0 Å². The first-order valence-corrected chi connectivity index (χ1v) is 6.72. The Morgan fingerprint density at radius 2 is 2.10 bits per heavy atom. The number of benzene rings is 1. The van der Waals surface area contributed by atoms with Crippen LogP contribution in [0.25, 0.3) is 0 Å². The van der Waals surface area contributed by atoms with E-state index in [4.69, 9.17) is 9.47 Å². The van der Waals surface area contributed by atoms with Crippen LogP contribution in [0.1, 0.15) is 26.3 Å². The number of ether oxygens (including phenoxy) is 2. The minimum absolute atomic E-state index is 0.0998. The summed E-state index contributed by atoms with van der Waals surface area (Å²) < 4.78 is 23.1. The molecule has 0 saturated heterocycles. The molecule has 0 saturated carbocycles. The standard InChI is InChI=1S/C16H22FNO3/c1-16(2,3)21-15(19)18-11-13(10-17)8-12-6-5-7-14(9-12)20-4/h5-7,9-10H,8,11H2,1-4H3,(H,18,19)/b13-10-. The Balaban J connectivity index is 2.54. The summed E-state index contributed by atoms with van der Waals surface area (Å²) in [5, 5.41) is 2.54. The number of alkyl carbamates (subject to hydrolysis) is 1. The number of carbonyl (C=O) groups excluding carboxylic acids is 1. The second kappa shape index (κ2) is 7.67. The largest absolute Gasteiger partial charge is 0.497 e. The lowest BCUT2D eigenvalue weighted by atomic mass is 10.1. The predicted molar refractivity (Wildman–Crippen MR) is 80.1 cm³/mol. The van der Waals surface area contributed by atoms with E-state index in [1.54, 1.807) is 27.9 Å². The van der Waals surface area contributed by atoms with Gasteiger partial charge in [-0.15, -0.1) is 0 Å². The Morgan fingerprint density at radius 3 is 2.67 bits per heavy atom. The summed E-state index contributed by atoms with van der Waals surface area (Å²) in [7, 11) is 1.58. The van der Waals surface area contributed by atoms with Gasteiger partial charge in [-0.05, 0) is 50.5 Å². The Bertz CT molecular complexity index is 506. The van der Waals surface area contributed by atoms with E-state index < -0.39 is 11.7 Å². The van der Waals surface area contributed by atoms with Crippen molar-refractivity contribution in [2.75, 3.05) is 13.7 Å². The van der Waals surface area contributed by atoms with Crippen molar-refractivity contribution >= 4 is 6.09 Å². The summed E-state index contributed by atoms with van der Waals surface area (Å²) in [5.74, 6) is 0.714. The van der Waals surface area contributed by atoms with Crippen LogP contribution in [0, 0.1) is 0 Å². The molecule has 21 heavy (non-hydrogen) atoms. The molecule has 0 aromatic heterocycles. The molecule has 0 unspecified atom stereocenters. The third kappa shape index (κ3) is 6.79. The Kier molecular flexibility index (Phi) is 6.21. The molecular formula is C16H22FNO3. The summed E-state index contributed by atoms with van der Waals surface area (Å²) in [6, 6.07) is 7.36. The van der Waals surface area contributed by atoms with Gasteiger partial charge < -0.3 is 14.8 Å². The summed E-state index contributed by atoms with van der Waals surface area (Å²) in [5.41, 5.74) is 0.787. The molecule has 0 heterocycles. The maximum atomic E-state index is 12.9. The summed E-state index contributed by atoms with van der Waals surface area (Å²) in [4.78, 5) is 11.5. The maximum Gasteiger partial charge on any atom is 0.407 e. The fourth-order valence-corrected chi connectivity index (χ4v) is 1.68. The molecule has 5 heteroatoms. The van der Waals surface area contributed by atoms with Crippen molar-refractivity contribution in [2.45, 2.75) is 32.8 Å². The van der Waals surface area contributed by atoms with E-state index in [2.05, 4.69) is 5.32 Å². The molecule has 1 aromatic carbocycles. The van der Waals surface area contributed by atoms with Crippen LogP contribution < -0.4 is 10.1 Å². The molecular weight excluding hydrogens is 273 g/mol. The number of hydrogen-bond acceptors (Lipinski definition) is 3. The summed E-state index contributed by atoms with van der Waals surface area (Å²) in [6.07, 6.45) is 0.341. The smallest absolute Gasteiger partial charge is 0.407 e. The number of rotatable bonds is 5. The highest BCUT2D eigenvalue weighted by Gasteiger charge is 2.16. The highest BCUT2D eigenvalue weighted by atomic mass is 19.1. The molecule has 1 amide bonds. The molecule has 0 aliphatic heterocycles. The SMILES string of the molecule is COc1cccc(C/C(=C/F)CNC(=O)OC(C)(C)C)c1.